The Labute approximate surface area is 202 Å². The van der Waals surface area contributed by atoms with Crippen molar-refractivity contribution < 1.29 is 17.9 Å². The summed E-state index contributed by atoms with van der Waals surface area (Å²) in [6.45, 7) is 0.711. The van der Waals surface area contributed by atoms with Gasteiger partial charge in [0.15, 0.2) is 6.73 Å². The second kappa shape index (κ2) is 10.1. The predicted octanol–water partition coefficient (Wildman–Crippen LogP) is 4.27. The van der Waals surface area contributed by atoms with Gasteiger partial charge in [-0.15, -0.1) is 0 Å². The summed E-state index contributed by atoms with van der Waals surface area (Å²) in [5, 5.41) is 8.08. The third kappa shape index (κ3) is 5.86. The van der Waals surface area contributed by atoms with E-state index in [2.05, 4.69) is 10.4 Å². The van der Waals surface area contributed by atoms with Gasteiger partial charge in [-0.1, -0.05) is 29.3 Å². The number of ether oxygens (including phenoxy) is 1. The number of amides is 1. The minimum Gasteiger partial charge on any atom is -0.471 e. The van der Waals surface area contributed by atoms with E-state index < -0.39 is 10.0 Å². The van der Waals surface area contributed by atoms with Gasteiger partial charge in [0.05, 0.1) is 23.0 Å². The third-order valence-corrected chi connectivity index (χ3v) is 7.74. The minimum absolute atomic E-state index is 0.158. The summed E-state index contributed by atoms with van der Waals surface area (Å²) in [5.41, 5.74) is 0.547. The molecule has 0 atom stereocenters. The number of hydrogen-bond acceptors (Lipinski definition) is 5. The van der Waals surface area contributed by atoms with Crippen LogP contribution in [0.25, 0.3) is 0 Å². The maximum absolute atomic E-state index is 12.8. The number of hydrogen-bond donors (Lipinski definition) is 1. The fraction of sp³-hybridized carbons (Fsp3) is 0.273. The second-order valence-electron chi connectivity index (χ2n) is 7.62. The van der Waals surface area contributed by atoms with Crippen LogP contribution < -0.4 is 10.1 Å². The maximum atomic E-state index is 12.8. The van der Waals surface area contributed by atoms with Crippen LogP contribution in [0.15, 0.2) is 65.8 Å². The molecule has 4 rings (SSSR count). The van der Waals surface area contributed by atoms with Gasteiger partial charge in [0, 0.05) is 29.1 Å². The van der Waals surface area contributed by atoms with E-state index >= 15 is 0 Å². The van der Waals surface area contributed by atoms with E-state index in [9.17, 15) is 13.2 Å². The Kier molecular flexibility index (Phi) is 7.23. The molecule has 0 saturated carbocycles. The molecule has 33 heavy (non-hydrogen) atoms. The van der Waals surface area contributed by atoms with Gasteiger partial charge in [0.2, 0.25) is 15.9 Å². The Morgan fingerprint density at radius 2 is 1.82 bits per heavy atom. The summed E-state index contributed by atoms with van der Waals surface area (Å²) in [6.07, 6.45) is 4.08. The van der Waals surface area contributed by atoms with Gasteiger partial charge in [0.1, 0.15) is 5.75 Å². The number of nitrogens with zero attached hydrogens (tertiary/aromatic N) is 3. The average molecular weight is 509 g/mol. The van der Waals surface area contributed by atoms with Crippen molar-refractivity contribution >= 4 is 44.8 Å². The Morgan fingerprint density at radius 3 is 2.52 bits per heavy atom. The molecule has 2 aromatic carbocycles. The van der Waals surface area contributed by atoms with Crippen molar-refractivity contribution in [2.75, 3.05) is 18.4 Å². The molecule has 1 aliphatic rings. The molecule has 8 nitrogen and oxygen atoms in total. The molecule has 1 saturated heterocycles. The van der Waals surface area contributed by atoms with Crippen LogP contribution in [0.4, 0.5) is 5.69 Å². The number of piperidine rings is 1. The van der Waals surface area contributed by atoms with Gasteiger partial charge in [-0.2, -0.15) is 9.40 Å². The standard InChI is InChI=1S/C22H22Cl2N4O4S/c23-17-4-6-21(7-5-17)33(30,31)28-10-8-16(9-11-28)22(29)26-19-13-25-27(14-19)15-32-20-3-1-2-18(24)12-20/h1-7,12-14,16H,8-11,15H2,(H,26,29). The Morgan fingerprint density at radius 1 is 1.09 bits per heavy atom. The highest BCUT2D eigenvalue weighted by Gasteiger charge is 2.32. The van der Waals surface area contributed by atoms with Crippen molar-refractivity contribution in [1.82, 2.24) is 14.1 Å². The number of benzene rings is 2. The van der Waals surface area contributed by atoms with E-state index in [0.29, 0.717) is 34.3 Å². The van der Waals surface area contributed by atoms with Gasteiger partial charge in [-0.05, 0) is 55.3 Å². The van der Waals surface area contributed by atoms with Crippen molar-refractivity contribution in [1.29, 1.82) is 0 Å². The second-order valence-corrected chi connectivity index (χ2v) is 10.4. The van der Waals surface area contributed by atoms with Crippen LogP contribution in [0, 0.1) is 5.92 Å². The zero-order valence-corrected chi connectivity index (χ0v) is 19.9. The molecule has 3 aromatic rings. The summed E-state index contributed by atoms with van der Waals surface area (Å²) in [6, 6.07) is 13.1. The number of anilines is 1. The lowest BCUT2D eigenvalue weighted by atomic mass is 9.97. The molecule has 0 spiro atoms. The summed E-state index contributed by atoms with van der Waals surface area (Å²) >= 11 is 11.8. The van der Waals surface area contributed by atoms with Crippen LogP contribution in [0.2, 0.25) is 10.0 Å². The lowest BCUT2D eigenvalue weighted by Gasteiger charge is -2.30. The van der Waals surface area contributed by atoms with Crippen LogP contribution >= 0.6 is 23.2 Å². The van der Waals surface area contributed by atoms with Crippen molar-refractivity contribution in [2.45, 2.75) is 24.5 Å². The first kappa shape index (κ1) is 23.6. The molecule has 174 valence electrons. The van der Waals surface area contributed by atoms with Crippen LogP contribution in [-0.2, 0) is 21.5 Å². The Hall–Kier alpha value is -2.59. The lowest BCUT2D eigenvalue weighted by molar-refractivity contribution is -0.120. The number of carbonyl (C=O) groups is 1. The number of nitrogens with one attached hydrogen (secondary N) is 1. The highest BCUT2D eigenvalue weighted by molar-refractivity contribution is 7.89. The first-order valence-electron chi connectivity index (χ1n) is 10.3. The van der Waals surface area contributed by atoms with Crippen molar-refractivity contribution in [2.24, 2.45) is 5.92 Å². The first-order chi connectivity index (χ1) is 15.8. The van der Waals surface area contributed by atoms with E-state index in [-0.39, 0.29) is 36.5 Å². The third-order valence-electron chi connectivity index (χ3n) is 5.34. The normalized spacial score (nSPS) is 15.3. The first-order valence-corrected chi connectivity index (χ1v) is 12.5. The molecule has 1 amide bonds. The van der Waals surface area contributed by atoms with E-state index in [1.807, 2.05) is 0 Å². The fourth-order valence-electron chi connectivity index (χ4n) is 3.55. The Bertz CT molecular complexity index is 1220. The molecule has 1 N–H and O–H groups in total. The quantitative estimate of drug-likeness (QED) is 0.514. The molecular formula is C22H22Cl2N4O4S. The van der Waals surface area contributed by atoms with E-state index in [0.717, 1.165) is 0 Å². The molecule has 11 heteroatoms. The van der Waals surface area contributed by atoms with Crippen LogP contribution in [0.3, 0.4) is 0 Å². The number of aromatic nitrogens is 2. The van der Waals surface area contributed by atoms with Gasteiger partial charge < -0.3 is 10.1 Å². The van der Waals surface area contributed by atoms with Crippen LogP contribution in [0.5, 0.6) is 5.75 Å². The van der Waals surface area contributed by atoms with E-state index in [4.69, 9.17) is 27.9 Å². The molecule has 0 unspecified atom stereocenters. The summed E-state index contributed by atoms with van der Waals surface area (Å²) in [4.78, 5) is 12.9. The minimum atomic E-state index is -3.61. The molecular weight excluding hydrogens is 487 g/mol. The Balaban J connectivity index is 1.28. The lowest BCUT2D eigenvalue weighted by Crippen LogP contribution is -2.41. The van der Waals surface area contributed by atoms with Crippen molar-refractivity contribution in [3.05, 3.63) is 71.0 Å². The van der Waals surface area contributed by atoms with Crippen molar-refractivity contribution in [3.63, 3.8) is 0 Å². The van der Waals surface area contributed by atoms with Gasteiger partial charge >= 0.3 is 0 Å². The molecule has 0 bridgehead atoms. The SMILES string of the molecule is O=C(Nc1cnn(COc2cccc(Cl)c2)c1)C1CCN(S(=O)(=O)c2ccc(Cl)cc2)CC1. The molecule has 1 aromatic heterocycles. The van der Waals surface area contributed by atoms with E-state index in [1.165, 1.54) is 16.4 Å². The molecule has 0 aliphatic carbocycles. The highest BCUT2D eigenvalue weighted by Crippen LogP contribution is 2.26. The summed E-state index contributed by atoms with van der Waals surface area (Å²) in [5.74, 6) is 0.172. The number of halogens is 2. The number of sulfonamides is 1. The van der Waals surface area contributed by atoms with Gasteiger partial charge in [-0.25, -0.2) is 13.1 Å². The summed E-state index contributed by atoms with van der Waals surface area (Å²) < 4.78 is 34.2. The predicted molar refractivity (Wildman–Crippen MR) is 126 cm³/mol. The van der Waals surface area contributed by atoms with E-state index in [1.54, 1.807) is 53.5 Å². The fourth-order valence-corrected chi connectivity index (χ4v) is 5.33. The highest BCUT2D eigenvalue weighted by atomic mass is 35.5. The number of rotatable bonds is 7. The van der Waals surface area contributed by atoms with Gasteiger partial charge in [-0.3, -0.25) is 4.79 Å². The molecule has 1 fully saturated rings. The van der Waals surface area contributed by atoms with Crippen LogP contribution in [-0.4, -0.2) is 41.5 Å². The number of carbonyl (C=O) groups excluding carboxylic acids is 1. The van der Waals surface area contributed by atoms with Crippen molar-refractivity contribution in [3.8, 4) is 5.75 Å². The topological polar surface area (TPSA) is 93.5 Å². The molecule has 1 aliphatic heterocycles. The zero-order chi connectivity index (χ0) is 23.4. The monoisotopic (exact) mass is 508 g/mol. The van der Waals surface area contributed by atoms with Crippen LogP contribution in [0.1, 0.15) is 12.8 Å². The maximum Gasteiger partial charge on any atom is 0.243 e. The smallest absolute Gasteiger partial charge is 0.243 e. The zero-order valence-electron chi connectivity index (χ0n) is 17.5. The molecule has 2 heterocycles. The molecule has 0 radical (unpaired) electrons. The summed E-state index contributed by atoms with van der Waals surface area (Å²) in [7, 11) is -3.61. The average Bonchev–Trinajstić information content (AvgIpc) is 3.25. The largest absolute Gasteiger partial charge is 0.471 e. The van der Waals surface area contributed by atoms with Gasteiger partial charge in [0.25, 0.3) is 0 Å².